The summed E-state index contributed by atoms with van der Waals surface area (Å²) in [6.07, 6.45) is 1.87. The van der Waals surface area contributed by atoms with Crippen molar-refractivity contribution in [2.45, 2.75) is 26.2 Å². The molecular formula is C20H25N3O. The van der Waals surface area contributed by atoms with Crippen molar-refractivity contribution in [3.8, 4) is 0 Å². The Kier molecular flexibility index (Phi) is 1.61. The van der Waals surface area contributed by atoms with Crippen molar-refractivity contribution in [3.05, 3.63) is 41.5 Å². The molecule has 2 aromatic rings. The smallest absolute Gasteiger partial charge is 0.230 e. The van der Waals surface area contributed by atoms with Crippen LogP contribution in [0.3, 0.4) is 0 Å². The van der Waals surface area contributed by atoms with Gasteiger partial charge in [-0.15, -0.1) is 0 Å². The van der Waals surface area contributed by atoms with Gasteiger partial charge in [-0.05, 0) is 49.9 Å². The van der Waals surface area contributed by atoms with E-state index in [0.29, 0.717) is 28.5 Å². The van der Waals surface area contributed by atoms with Gasteiger partial charge in [-0.25, -0.2) is 0 Å². The Morgan fingerprint density at radius 3 is 3.17 bits per heavy atom. The van der Waals surface area contributed by atoms with Crippen LogP contribution in [0, 0.1) is 5.92 Å². The molecule has 1 N–H and O–H groups in total. The number of hydrogen-bond donors (Lipinski definition) is 1. The van der Waals surface area contributed by atoms with Gasteiger partial charge in [0.2, 0.25) is 5.91 Å². The molecule has 0 spiro atoms. The molecule has 2 aliphatic rings. The lowest BCUT2D eigenvalue weighted by Gasteiger charge is -2.40. The molecular weight excluding hydrogens is 298 g/mol. The Morgan fingerprint density at radius 2 is 2.38 bits per heavy atom. The molecule has 1 aliphatic carbocycles. The number of rotatable bonds is 3. The van der Waals surface area contributed by atoms with Crippen molar-refractivity contribution in [1.29, 1.82) is 0 Å². The molecule has 126 valence electrons. The van der Waals surface area contributed by atoms with Gasteiger partial charge in [0.15, 0.2) is 0 Å². The summed E-state index contributed by atoms with van der Waals surface area (Å²) in [5, 5.41) is 0.544. The molecule has 1 aromatic carbocycles. The second-order valence-electron chi connectivity index (χ2n) is 6.09. The first kappa shape index (κ1) is 6.68. The highest BCUT2D eigenvalue weighted by atomic mass is 16.2. The van der Waals surface area contributed by atoms with Crippen LogP contribution >= 0.6 is 0 Å². The van der Waals surface area contributed by atoms with Gasteiger partial charge in [0.1, 0.15) is 0 Å². The number of likely N-dealkylation sites (N-methyl/N-ethyl adjacent to an activating group) is 1. The summed E-state index contributed by atoms with van der Waals surface area (Å²) in [5.41, 5.74) is 1.92. The minimum absolute atomic E-state index is 0.0991. The Hall–Kier alpha value is -2.07. The molecule has 2 atom stereocenters. The predicted molar refractivity (Wildman–Crippen MR) is 97.8 cm³/mol. The van der Waals surface area contributed by atoms with Gasteiger partial charge in [0, 0.05) is 56.4 Å². The van der Waals surface area contributed by atoms with Crippen molar-refractivity contribution in [1.82, 2.24) is 14.8 Å². The summed E-state index contributed by atoms with van der Waals surface area (Å²) < 4.78 is 103. The summed E-state index contributed by atoms with van der Waals surface area (Å²) in [5.74, 6) is -2.66. The van der Waals surface area contributed by atoms with Crippen LogP contribution < -0.4 is 0 Å². The van der Waals surface area contributed by atoms with E-state index < -0.39 is 38.5 Å². The molecule has 0 fully saturated rings. The van der Waals surface area contributed by atoms with Crippen molar-refractivity contribution in [2.24, 2.45) is 5.92 Å². The largest absolute Gasteiger partial charge is 0.361 e. The van der Waals surface area contributed by atoms with Crippen LogP contribution in [0.2, 0.25) is 0 Å². The fraction of sp³-hybridized carbons (Fsp3) is 0.450. The zero-order valence-electron chi connectivity index (χ0n) is 26.0. The summed E-state index contributed by atoms with van der Waals surface area (Å²) in [4.78, 5) is 17.9. The molecule has 1 aliphatic heterocycles. The van der Waals surface area contributed by atoms with E-state index in [4.69, 9.17) is 17.8 Å². The van der Waals surface area contributed by atoms with Gasteiger partial charge < -0.3 is 9.88 Å². The third-order valence-corrected chi connectivity index (χ3v) is 4.80. The molecule has 0 saturated carbocycles. The molecule has 4 heteroatoms. The van der Waals surface area contributed by atoms with Crippen LogP contribution in [0.1, 0.15) is 42.7 Å². The number of nitrogens with one attached hydrogen (secondary N) is 1. The number of carbonyl (C=O) groups is 1. The van der Waals surface area contributed by atoms with E-state index in [9.17, 15) is 4.79 Å². The molecule has 0 radical (unpaired) electrons. The first-order chi connectivity index (χ1) is 16.7. The van der Waals surface area contributed by atoms with Crippen molar-refractivity contribution in [3.63, 3.8) is 0 Å². The van der Waals surface area contributed by atoms with E-state index in [2.05, 4.69) is 4.98 Å². The second-order valence-corrected chi connectivity index (χ2v) is 6.09. The Balaban J connectivity index is 1.90. The zero-order chi connectivity index (χ0) is 28.0. The SMILES string of the molecule is [2H]c1cc2c3c(c([2H])[nH]c3c1[2H])C[C@@H]1C2=C[C@@H](C(=O)N(C([2H])([2H])C([2H])([2H])[2H])C([2H])([2H])C([2H])([2H])[2H])CN1C. The van der Waals surface area contributed by atoms with Gasteiger partial charge in [0.25, 0.3) is 0 Å². The van der Waals surface area contributed by atoms with Crippen molar-refractivity contribution >= 4 is 22.4 Å². The molecule has 24 heavy (non-hydrogen) atoms. The number of carbonyl (C=O) groups excluding carboxylic acids is 1. The van der Waals surface area contributed by atoms with E-state index in [-0.39, 0.29) is 41.3 Å². The average Bonchev–Trinajstić information content (AvgIpc) is 3.07. The van der Waals surface area contributed by atoms with Crippen molar-refractivity contribution in [2.75, 3.05) is 26.6 Å². The maximum Gasteiger partial charge on any atom is 0.230 e. The highest BCUT2D eigenvalue weighted by Crippen LogP contribution is 2.40. The number of nitrogens with zero attached hydrogens (tertiary/aromatic N) is 2. The van der Waals surface area contributed by atoms with Gasteiger partial charge in [-0.3, -0.25) is 9.69 Å². The number of aromatic amines is 1. The molecule has 0 bridgehead atoms. The molecule has 0 saturated heterocycles. The van der Waals surface area contributed by atoms with Crippen LogP contribution in [-0.2, 0) is 11.2 Å². The first-order valence-corrected chi connectivity index (χ1v) is 7.59. The molecule has 1 aromatic heterocycles. The number of amides is 1. The number of fused-ring (bicyclic) bond motifs is 2. The standard InChI is InChI=1S/C20H25N3O/c1-4-23(5-2)20(24)14-9-16-15-7-6-8-17-19(15)13(11-21-17)10-18(16)22(3)12-14/h6-9,11,14,18,21H,4-5,10,12H2,1-3H3/t14-,18-/m1/s1/i1D3,2D3,4D2,5D2,6D,8D,11D. The lowest BCUT2D eigenvalue weighted by atomic mass is 9.79. The van der Waals surface area contributed by atoms with Crippen molar-refractivity contribution < 1.29 is 22.6 Å². The second kappa shape index (κ2) is 5.78. The van der Waals surface area contributed by atoms with E-state index in [1.807, 2.05) is 0 Å². The minimum Gasteiger partial charge on any atom is -0.361 e. The third-order valence-electron chi connectivity index (χ3n) is 4.80. The quantitative estimate of drug-likeness (QED) is 0.936. The van der Waals surface area contributed by atoms with Gasteiger partial charge in [-0.2, -0.15) is 0 Å². The fourth-order valence-corrected chi connectivity index (χ4v) is 3.68. The molecule has 1 amide bonds. The number of aromatic nitrogens is 1. The van der Waals surface area contributed by atoms with E-state index >= 15 is 0 Å². The van der Waals surface area contributed by atoms with Gasteiger partial charge in [-0.1, -0.05) is 18.2 Å². The Labute approximate surface area is 161 Å². The first-order valence-electron chi connectivity index (χ1n) is 14.1. The van der Waals surface area contributed by atoms with Gasteiger partial charge >= 0.3 is 0 Å². The summed E-state index contributed by atoms with van der Waals surface area (Å²) in [7, 11) is 1.65. The Bertz CT molecular complexity index is 1280. The van der Waals surface area contributed by atoms with Crippen LogP contribution in [0.4, 0.5) is 0 Å². The lowest BCUT2D eigenvalue weighted by Crippen LogP contribution is -2.47. The number of benzene rings is 1. The molecule has 4 nitrogen and oxygen atoms in total. The van der Waals surface area contributed by atoms with Crippen LogP contribution in [-0.4, -0.2) is 53.3 Å². The average molecular weight is 337 g/mol. The molecule has 2 heterocycles. The predicted octanol–water partition coefficient (Wildman–Crippen LogP) is 2.91. The zero-order valence-corrected chi connectivity index (χ0v) is 13.0. The number of hydrogen-bond acceptors (Lipinski definition) is 2. The summed E-state index contributed by atoms with van der Waals surface area (Å²) in [6, 6.07) is 0.827. The molecule has 4 rings (SSSR count). The van der Waals surface area contributed by atoms with E-state index in [1.165, 1.54) is 12.1 Å². The normalized spacial score (nSPS) is 33.2. The van der Waals surface area contributed by atoms with E-state index in [1.54, 1.807) is 11.9 Å². The summed E-state index contributed by atoms with van der Waals surface area (Å²) in [6.45, 7) is -14.5. The van der Waals surface area contributed by atoms with Crippen LogP contribution in [0.25, 0.3) is 16.5 Å². The third kappa shape index (κ3) is 2.20. The monoisotopic (exact) mass is 336 g/mol. The van der Waals surface area contributed by atoms with Gasteiger partial charge in [0.05, 0.1) is 10.0 Å². The highest BCUT2D eigenvalue weighted by molar-refractivity contribution is 5.99. The van der Waals surface area contributed by atoms with E-state index in [0.717, 1.165) is 0 Å². The summed E-state index contributed by atoms with van der Waals surface area (Å²) >= 11 is 0. The highest BCUT2D eigenvalue weighted by Gasteiger charge is 2.36. The van der Waals surface area contributed by atoms with Crippen LogP contribution in [0.15, 0.2) is 30.4 Å². The number of H-pyrrole nitrogens is 1. The maximum absolute atomic E-state index is 13.7. The topological polar surface area (TPSA) is 39.3 Å². The maximum atomic E-state index is 13.7. The molecule has 0 unspecified atom stereocenters. The Morgan fingerprint density at radius 1 is 1.54 bits per heavy atom. The lowest BCUT2D eigenvalue weighted by molar-refractivity contribution is -0.134. The fourth-order valence-electron chi connectivity index (χ4n) is 3.68. The van der Waals surface area contributed by atoms with Crippen LogP contribution in [0.5, 0.6) is 0 Å². The minimum atomic E-state index is -3.65.